The van der Waals surface area contributed by atoms with Crippen LogP contribution in [0.3, 0.4) is 0 Å². The topological polar surface area (TPSA) is 66.6 Å². The van der Waals surface area contributed by atoms with Crippen molar-refractivity contribution >= 4 is 26.1 Å². The van der Waals surface area contributed by atoms with E-state index in [4.69, 9.17) is 5.14 Å². The standard InChI is InChI=1S/C12H18BrN3O2S/c1-10(11-4-2-3-5-12(11)13)15-6-8-16(9-7-15)19(14,17)18/h2-5,10H,6-9H2,1H3,(H2,14,17,18). The highest BCUT2D eigenvalue weighted by Crippen LogP contribution is 2.28. The minimum atomic E-state index is -3.55. The van der Waals surface area contributed by atoms with Gasteiger partial charge in [0.1, 0.15) is 0 Å². The predicted molar refractivity (Wildman–Crippen MR) is 78.8 cm³/mol. The zero-order valence-electron chi connectivity index (χ0n) is 10.8. The molecule has 0 radical (unpaired) electrons. The molecule has 0 saturated carbocycles. The Hall–Kier alpha value is -0.470. The lowest BCUT2D eigenvalue weighted by molar-refractivity contribution is 0.145. The van der Waals surface area contributed by atoms with Crippen molar-refractivity contribution in [1.29, 1.82) is 0 Å². The summed E-state index contributed by atoms with van der Waals surface area (Å²) in [5.41, 5.74) is 1.21. The molecular formula is C12H18BrN3O2S. The summed E-state index contributed by atoms with van der Waals surface area (Å²) in [6.07, 6.45) is 0. The molecule has 1 aliphatic heterocycles. The van der Waals surface area contributed by atoms with Crippen LogP contribution in [0.4, 0.5) is 0 Å². The third kappa shape index (κ3) is 3.55. The molecule has 1 saturated heterocycles. The highest BCUT2D eigenvalue weighted by molar-refractivity contribution is 9.10. The minimum absolute atomic E-state index is 0.248. The summed E-state index contributed by atoms with van der Waals surface area (Å²) in [5, 5.41) is 5.14. The SMILES string of the molecule is CC(c1ccccc1Br)N1CCN(S(N)(=O)=O)CC1. The van der Waals surface area contributed by atoms with Crippen molar-refractivity contribution in [3.05, 3.63) is 34.3 Å². The first-order valence-corrected chi connectivity index (χ1v) is 8.45. The molecule has 0 aliphatic carbocycles. The molecule has 7 heteroatoms. The van der Waals surface area contributed by atoms with Crippen LogP contribution in [-0.4, -0.2) is 43.8 Å². The van der Waals surface area contributed by atoms with E-state index in [1.54, 1.807) is 0 Å². The summed E-state index contributed by atoms with van der Waals surface area (Å²) in [5.74, 6) is 0. The highest BCUT2D eigenvalue weighted by atomic mass is 79.9. The second-order valence-corrected chi connectivity index (χ2v) is 7.08. The quantitative estimate of drug-likeness (QED) is 0.896. The minimum Gasteiger partial charge on any atom is -0.294 e. The Labute approximate surface area is 122 Å². The fraction of sp³-hybridized carbons (Fsp3) is 0.500. The second kappa shape index (κ2) is 5.88. The van der Waals surface area contributed by atoms with Crippen LogP contribution in [0.5, 0.6) is 0 Å². The largest absolute Gasteiger partial charge is 0.294 e. The molecule has 1 heterocycles. The highest BCUT2D eigenvalue weighted by Gasteiger charge is 2.27. The molecule has 106 valence electrons. The van der Waals surface area contributed by atoms with Crippen LogP contribution in [0.2, 0.25) is 0 Å². The van der Waals surface area contributed by atoms with Gasteiger partial charge in [0.05, 0.1) is 0 Å². The molecule has 1 aromatic carbocycles. The number of nitrogens with two attached hydrogens (primary N) is 1. The molecule has 0 aromatic heterocycles. The lowest BCUT2D eigenvalue weighted by Crippen LogP contribution is -2.51. The van der Waals surface area contributed by atoms with Crippen molar-refractivity contribution in [3.8, 4) is 0 Å². The van der Waals surface area contributed by atoms with Gasteiger partial charge in [-0.3, -0.25) is 4.90 Å². The number of rotatable bonds is 3. The van der Waals surface area contributed by atoms with Gasteiger partial charge in [-0.05, 0) is 18.6 Å². The summed E-state index contributed by atoms with van der Waals surface area (Å²) in [4.78, 5) is 2.27. The van der Waals surface area contributed by atoms with E-state index < -0.39 is 10.2 Å². The zero-order chi connectivity index (χ0) is 14.0. The van der Waals surface area contributed by atoms with E-state index in [2.05, 4.69) is 33.8 Å². The lowest BCUT2D eigenvalue weighted by atomic mass is 10.1. The van der Waals surface area contributed by atoms with Crippen LogP contribution in [0.15, 0.2) is 28.7 Å². The number of benzene rings is 1. The Morgan fingerprint density at radius 2 is 1.79 bits per heavy atom. The van der Waals surface area contributed by atoms with Crippen LogP contribution in [-0.2, 0) is 10.2 Å². The molecular weight excluding hydrogens is 330 g/mol. The molecule has 2 N–H and O–H groups in total. The lowest BCUT2D eigenvalue weighted by Gasteiger charge is -2.37. The fourth-order valence-corrected chi connectivity index (χ4v) is 3.64. The maximum Gasteiger partial charge on any atom is 0.276 e. The molecule has 1 unspecified atom stereocenters. The van der Waals surface area contributed by atoms with E-state index >= 15 is 0 Å². The zero-order valence-corrected chi connectivity index (χ0v) is 13.2. The summed E-state index contributed by atoms with van der Waals surface area (Å²) in [6, 6.07) is 8.35. The van der Waals surface area contributed by atoms with Crippen molar-refractivity contribution < 1.29 is 8.42 Å². The van der Waals surface area contributed by atoms with Gasteiger partial charge in [0.25, 0.3) is 10.2 Å². The summed E-state index contributed by atoms with van der Waals surface area (Å²) in [6.45, 7) is 4.42. The van der Waals surface area contributed by atoms with E-state index in [-0.39, 0.29) is 6.04 Å². The molecule has 1 aromatic rings. The Morgan fingerprint density at radius 1 is 1.21 bits per heavy atom. The normalized spacial score (nSPS) is 20.4. The molecule has 1 atom stereocenters. The smallest absolute Gasteiger partial charge is 0.276 e. The van der Waals surface area contributed by atoms with Crippen molar-refractivity contribution in [2.24, 2.45) is 5.14 Å². The van der Waals surface area contributed by atoms with Gasteiger partial charge >= 0.3 is 0 Å². The van der Waals surface area contributed by atoms with Crippen LogP contribution in [0.1, 0.15) is 18.5 Å². The molecule has 1 aliphatic rings. The molecule has 0 spiro atoms. The molecule has 19 heavy (non-hydrogen) atoms. The first kappa shape index (κ1) is 14.9. The van der Waals surface area contributed by atoms with Gasteiger partial charge in [-0.25, -0.2) is 5.14 Å². The maximum absolute atomic E-state index is 11.3. The van der Waals surface area contributed by atoms with E-state index in [9.17, 15) is 8.42 Å². The first-order chi connectivity index (χ1) is 8.89. The van der Waals surface area contributed by atoms with Gasteiger partial charge in [-0.2, -0.15) is 12.7 Å². The monoisotopic (exact) mass is 347 g/mol. The average Bonchev–Trinajstić information content (AvgIpc) is 2.38. The molecule has 0 bridgehead atoms. The van der Waals surface area contributed by atoms with Gasteiger partial charge in [-0.1, -0.05) is 34.1 Å². The number of halogens is 1. The number of piperazine rings is 1. The van der Waals surface area contributed by atoms with Crippen molar-refractivity contribution in [3.63, 3.8) is 0 Å². The maximum atomic E-state index is 11.3. The molecule has 5 nitrogen and oxygen atoms in total. The van der Waals surface area contributed by atoms with E-state index in [0.29, 0.717) is 26.2 Å². The van der Waals surface area contributed by atoms with Crippen LogP contribution in [0, 0.1) is 0 Å². The Kier molecular flexibility index (Phi) is 4.62. The third-order valence-electron chi connectivity index (χ3n) is 3.54. The van der Waals surface area contributed by atoms with Crippen molar-refractivity contribution in [2.75, 3.05) is 26.2 Å². The Bertz CT molecular complexity index is 542. The molecule has 2 rings (SSSR count). The van der Waals surface area contributed by atoms with E-state index in [1.807, 2.05) is 18.2 Å². The van der Waals surface area contributed by atoms with E-state index in [0.717, 1.165) is 4.47 Å². The Morgan fingerprint density at radius 3 is 2.32 bits per heavy atom. The van der Waals surface area contributed by atoms with Crippen LogP contribution in [0.25, 0.3) is 0 Å². The fourth-order valence-electron chi connectivity index (χ4n) is 2.36. The second-order valence-electron chi connectivity index (χ2n) is 4.68. The van der Waals surface area contributed by atoms with Crippen molar-refractivity contribution in [2.45, 2.75) is 13.0 Å². The average molecular weight is 348 g/mol. The van der Waals surface area contributed by atoms with Crippen LogP contribution >= 0.6 is 15.9 Å². The van der Waals surface area contributed by atoms with Gasteiger partial charge < -0.3 is 0 Å². The van der Waals surface area contributed by atoms with Gasteiger partial charge in [-0.15, -0.1) is 0 Å². The van der Waals surface area contributed by atoms with E-state index in [1.165, 1.54) is 9.87 Å². The number of hydrogen-bond donors (Lipinski definition) is 1. The van der Waals surface area contributed by atoms with Gasteiger partial charge in [0.2, 0.25) is 0 Å². The van der Waals surface area contributed by atoms with Gasteiger partial charge in [0.15, 0.2) is 0 Å². The molecule has 1 fully saturated rings. The predicted octanol–water partition coefficient (Wildman–Crippen LogP) is 1.33. The first-order valence-electron chi connectivity index (χ1n) is 6.16. The number of hydrogen-bond acceptors (Lipinski definition) is 3. The summed E-state index contributed by atoms with van der Waals surface area (Å²) in [7, 11) is -3.55. The molecule has 0 amide bonds. The van der Waals surface area contributed by atoms with Gasteiger partial charge in [0, 0.05) is 36.7 Å². The van der Waals surface area contributed by atoms with Crippen molar-refractivity contribution in [1.82, 2.24) is 9.21 Å². The summed E-state index contributed by atoms with van der Waals surface area (Å²) >= 11 is 3.55. The Balaban J connectivity index is 2.04. The summed E-state index contributed by atoms with van der Waals surface area (Å²) < 4.78 is 24.9. The third-order valence-corrected chi connectivity index (χ3v) is 5.34. The number of nitrogens with zero attached hydrogens (tertiary/aromatic N) is 2. The van der Waals surface area contributed by atoms with Crippen LogP contribution < -0.4 is 5.14 Å².